The quantitative estimate of drug-likeness (QED) is 0.865. The molecule has 0 atom stereocenters. The highest BCUT2D eigenvalue weighted by molar-refractivity contribution is 7.89. The lowest BCUT2D eigenvalue weighted by Gasteiger charge is -2.26. The molecular weight excluding hydrogens is 313 g/mol. The van der Waals surface area contributed by atoms with Gasteiger partial charge in [0.05, 0.1) is 4.90 Å². The van der Waals surface area contributed by atoms with Crippen molar-refractivity contribution in [3.05, 3.63) is 28.0 Å². The lowest BCUT2D eigenvalue weighted by Crippen LogP contribution is -2.37. The highest BCUT2D eigenvalue weighted by Gasteiger charge is 2.37. The van der Waals surface area contributed by atoms with E-state index in [1.165, 1.54) is 17.4 Å². The van der Waals surface area contributed by atoms with Crippen molar-refractivity contribution in [2.75, 3.05) is 13.1 Å². The maximum absolute atomic E-state index is 12.5. The van der Waals surface area contributed by atoms with Crippen LogP contribution in [0.1, 0.15) is 11.3 Å². The van der Waals surface area contributed by atoms with E-state index in [2.05, 4.69) is 0 Å². The molecule has 1 aromatic rings. The SMILES string of the molecule is NCc1sccc1S(=O)(=O)N1CC=C(C(F)(F)F)CC1. The standard InChI is InChI=1S/C11H13F3N2O2S2/c12-11(13,14)8-1-4-16(5-2-8)20(17,18)10-3-6-19-9(10)7-15/h1,3,6H,2,4-5,7,15H2. The minimum atomic E-state index is -4.39. The van der Waals surface area contributed by atoms with Crippen LogP contribution in [-0.2, 0) is 16.6 Å². The number of alkyl halides is 3. The predicted octanol–water partition coefficient (Wildman–Crippen LogP) is 2.09. The number of hydrogen-bond donors (Lipinski definition) is 1. The molecule has 0 saturated heterocycles. The maximum atomic E-state index is 12.5. The molecule has 0 radical (unpaired) electrons. The summed E-state index contributed by atoms with van der Waals surface area (Å²) < 4.78 is 63.3. The van der Waals surface area contributed by atoms with Gasteiger partial charge >= 0.3 is 6.18 Å². The van der Waals surface area contributed by atoms with E-state index in [-0.39, 0.29) is 31.0 Å². The van der Waals surface area contributed by atoms with Crippen molar-refractivity contribution >= 4 is 21.4 Å². The van der Waals surface area contributed by atoms with Gasteiger partial charge in [0.2, 0.25) is 10.0 Å². The number of rotatable bonds is 3. The van der Waals surface area contributed by atoms with Crippen LogP contribution in [0, 0.1) is 0 Å². The van der Waals surface area contributed by atoms with E-state index in [1.807, 2.05) is 0 Å². The second-order valence-corrected chi connectivity index (χ2v) is 7.16. The molecule has 2 N–H and O–H groups in total. The van der Waals surface area contributed by atoms with Gasteiger partial charge < -0.3 is 5.73 Å². The topological polar surface area (TPSA) is 63.4 Å². The molecule has 2 heterocycles. The van der Waals surface area contributed by atoms with Gasteiger partial charge in [0.1, 0.15) is 0 Å². The average molecular weight is 326 g/mol. The van der Waals surface area contributed by atoms with Gasteiger partial charge in [0, 0.05) is 30.1 Å². The van der Waals surface area contributed by atoms with Gasteiger partial charge in [-0.05, 0) is 17.9 Å². The van der Waals surface area contributed by atoms with E-state index >= 15 is 0 Å². The molecule has 0 fully saturated rings. The Bertz CT molecular complexity index is 620. The van der Waals surface area contributed by atoms with Crippen molar-refractivity contribution in [2.24, 2.45) is 5.73 Å². The summed E-state index contributed by atoms with van der Waals surface area (Å²) >= 11 is 1.22. The van der Waals surface area contributed by atoms with Gasteiger partial charge in [0.15, 0.2) is 0 Å². The molecule has 2 rings (SSSR count). The number of nitrogens with zero attached hydrogens (tertiary/aromatic N) is 1. The van der Waals surface area contributed by atoms with Crippen LogP contribution in [-0.4, -0.2) is 32.0 Å². The first-order valence-corrected chi connectivity index (χ1v) is 8.11. The summed E-state index contributed by atoms with van der Waals surface area (Å²) in [5, 5.41) is 1.61. The van der Waals surface area contributed by atoms with Crippen molar-refractivity contribution in [1.82, 2.24) is 4.31 Å². The first-order chi connectivity index (χ1) is 9.26. The Morgan fingerprint density at radius 2 is 2.10 bits per heavy atom. The molecule has 1 aliphatic rings. The summed E-state index contributed by atoms with van der Waals surface area (Å²) in [7, 11) is -3.78. The van der Waals surface area contributed by atoms with Crippen LogP contribution in [0.15, 0.2) is 28.0 Å². The monoisotopic (exact) mass is 326 g/mol. The zero-order valence-corrected chi connectivity index (χ0v) is 12.0. The van der Waals surface area contributed by atoms with E-state index < -0.39 is 21.8 Å². The molecule has 1 aliphatic heterocycles. The zero-order chi connectivity index (χ0) is 15.0. The van der Waals surface area contributed by atoms with Gasteiger partial charge in [0.25, 0.3) is 0 Å². The first-order valence-electron chi connectivity index (χ1n) is 5.79. The molecule has 4 nitrogen and oxygen atoms in total. The molecule has 0 bridgehead atoms. The second kappa shape index (κ2) is 5.47. The van der Waals surface area contributed by atoms with Crippen LogP contribution >= 0.6 is 11.3 Å². The average Bonchev–Trinajstić information content (AvgIpc) is 2.87. The van der Waals surface area contributed by atoms with Crippen molar-refractivity contribution in [3.8, 4) is 0 Å². The molecule has 9 heteroatoms. The third-order valence-electron chi connectivity index (χ3n) is 3.04. The molecule has 0 spiro atoms. The zero-order valence-electron chi connectivity index (χ0n) is 10.4. The third kappa shape index (κ3) is 2.90. The fraction of sp³-hybridized carbons (Fsp3) is 0.455. The largest absolute Gasteiger partial charge is 0.412 e. The molecule has 20 heavy (non-hydrogen) atoms. The Morgan fingerprint density at radius 3 is 2.60 bits per heavy atom. The van der Waals surface area contributed by atoms with E-state index in [4.69, 9.17) is 5.73 Å². The molecule has 0 aromatic carbocycles. The third-order valence-corrected chi connectivity index (χ3v) is 6.07. The van der Waals surface area contributed by atoms with Crippen molar-refractivity contribution in [3.63, 3.8) is 0 Å². The summed E-state index contributed by atoms with van der Waals surface area (Å²) in [5.41, 5.74) is 4.79. The van der Waals surface area contributed by atoms with Crippen LogP contribution in [0.5, 0.6) is 0 Å². The molecule has 0 unspecified atom stereocenters. The number of sulfonamides is 1. The summed E-state index contributed by atoms with van der Waals surface area (Å²) in [6.07, 6.45) is -3.79. The second-order valence-electron chi connectivity index (χ2n) is 4.25. The van der Waals surface area contributed by atoms with Gasteiger partial charge in [-0.25, -0.2) is 8.42 Å². The van der Waals surface area contributed by atoms with Crippen molar-refractivity contribution < 1.29 is 21.6 Å². The van der Waals surface area contributed by atoms with Crippen LogP contribution < -0.4 is 5.73 Å². The molecule has 112 valence electrons. The summed E-state index contributed by atoms with van der Waals surface area (Å²) in [6, 6.07) is 1.44. The fourth-order valence-corrected chi connectivity index (χ4v) is 4.66. The van der Waals surface area contributed by atoms with Crippen LogP contribution in [0.25, 0.3) is 0 Å². The summed E-state index contributed by atoms with van der Waals surface area (Å²) in [6.45, 7) is -0.353. The van der Waals surface area contributed by atoms with E-state index in [0.29, 0.717) is 4.88 Å². The first kappa shape index (κ1) is 15.5. The van der Waals surface area contributed by atoms with Crippen molar-refractivity contribution in [1.29, 1.82) is 0 Å². The van der Waals surface area contributed by atoms with Gasteiger partial charge in [-0.2, -0.15) is 17.5 Å². The van der Waals surface area contributed by atoms with E-state index in [1.54, 1.807) is 5.38 Å². The lowest BCUT2D eigenvalue weighted by molar-refractivity contribution is -0.0953. The summed E-state index contributed by atoms with van der Waals surface area (Å²) in [5.74, 6) is 0. The van der Waals surface area contributed by atoms with E-state index in [9.17, 15) is 21.6 Å². The predicted molar refractivity (Wildman–Crippen MR) is 69.7 cm³/mol. The van der Waals surface area contributed by atoms with Crippen LogP contribution in [0.3, 0.4) is 0 Å². The van der Waals surface area contributed by atoms with Crippen LogP contribution in [0.2, 0.25) is 0 Å². The minimum absolute atomic E-state index is 0.0870. The molecule has 1 aromatic heterocycles. The minimum Gasteiger partial charge on any atom is -0.326 e. The fourth-order valence-electron chi connectivity index (χ4n) is 1.97. The number of nitrogens with two attached hydrogens (primary N) is 1. The molecule has 0 amide bonds. The number of thiophene rings is 1. The molecular formula is C11H13F3N2O2S2. The normalized spacial score (nSPS) is 18.1. The van der Waals surface area contributed by atoms with Gasteiger partial charge in [-0.1, -0.05) is 6.08 Å². The van der Waals surface area contributed by atoms with Gasteiger partial charge in [-0.15, -0.1) is 11.3 Å². The smallest absolute Gasteiger partial charge is 0.326 e. The maximum Gasteiger partial charge on any atom is 0.412 e. The number of hydrogen-bond acceptors (Lipinski definition) is 4. The van der Waals surface area contributed by atoms with Gasteiger partial charge in [-0.3, -0.25) is 0 Å². The molecule has 0 aliphatic carbocycles. The highest BCUT2D eigenvalue weighted by Crippen LogP contribution is 2.32. The lowest BCUT2D eigenvalue weighted by atomic mass is 10.1. The molecule has 0 saturated carbocycles. The highest BCUT2D eigenvalue weighted by atomic mass is 32.2. The van der Waals surface area contributed by atoms with E-state index in [0.717, 1.165) is 10.4 Å². The Hall–Kier alpha value is -0.900. The Labute approximate surface area is 118 Å². The Balaban J connectivity index is 2.24. The Kier molecular flexibility index (Phi) is 4.24. The number of halogens is 3. The summed E-state index contributed by atoms with van der Waals surface area (Å²) in [4.78, 5) is 0.601. The van der Waals surface area contributed by atoms with Crippen molar-refractivity contribution in [2.45, 2.75) is 24.0 Å². The Morgan fingerprint density at radius 1 is 1.40 bits per heavy atom. The van der Waals surface area contributed by atoms with Crippen LogP contribution in [0.4, 0.5) is 13.2 Å².